The Hall–Kier alpha value is -1.91. The highest BCUT2D eigenvalue weighted by Gasteiger charge is 2.26. The van der Waals surface area contributed by atoms with Gasteiger partial charge in [-0.1, -0.05) is 0 Å². The number of aromatic nitrogens is 1. The van der Waals surface area contributed by atoms with Crippen LogP contribution in [-0.4, -0.2) is 40.0 Å². The Balaban J connectivity index is 1.80. The first-order chi connectivity index (χ1) is 9.15. The fourth-order valence-electron chi connectivity index (χ4n) is 2.41. The van der Waals surface area contributed by atoms with Crippen LogP contribution in [0.25, 0.3) is 0 Å². The maximum Gasteiger partial charge on any atom is 0.303 e. The Morgan fingerprint density at radius 1 is 1.37 bits per heavy atom. The third-order valence-corrected chi connectivity index (χ3v) is 3.51. The summed E-state index contributed by atoms with van der Waals surface area (Å²) in [7, 11) is 0. The lowest BCUT2D eigenvalue weighted by molar-refractivity contribution is -0.137. The number of carboxylic acid groups (broad SMARTS) is 1. The van der Waals surface area contributed by atoms with Gasteiger partial charge in [0.1, 0.15) is 0 Å². The van der Waals surface area contributed by atoms with Gasteiger partial charge in [-0.25, -0.2) is 0 Å². The summed E-state index contributed by atoms with van der Waals surface area (Å²) >= 11 is 0. The molecule has 0 saturated carbocycles. The number of amides is 1. The maximum atomic E-state index is 12.1. The van der Waals surface area contributed by atoms with E-state index in [2.05, 4.69) is 4.98 Å². The van der Waals surface area contributed by atoms with Gasteiger partial charge < -0.3 is 10.0 Å². The quantitative estimate of drug-likeness (QED) is 0.869. The smallest absolute Gasteiger partial charge is 0.303 e. The molecule has 5 nitrogen and oxygen atoms in total. The van der Waals surface area contributed by atoms with Gasteiger partial charge in [0.15, 0.2) is 0 Å². The highest BCUT2D eigenvalue weighted by Crippen LogP contribution is 2.21. The molecule has 1 unspecified atom stereocenters. The molecule has 0 aromatic carbocycles. The first-order valence-corrected chi connectivity index (χ1v) is 6.53. The molecule has 5 heteroatoms. The van der Waals surface area contributed by atoms with Crippen molar-refractivity contribution in [3.8, 4) is 0 Å². The van der Waals surface area contributed by atoms with Gasteiger partial charge in [-0.2, -0.15) is 0 Å². The average Bonchev–Trinajstić information content (AvgIpc) is 2.86. The lowest BCUT2D eigenvalue weighted by atomic mass is 10.0. The van der Waals surface area contributed by atoms with Crippen molar-refractivity contribution in [1.29, 1.82) is 0 Å². The van der Waals surface area contributed by atoms with Crippen molar-refractivity contribution in [2.75, 3.05) is 13.1 Å². The van der Waals surface area contributed by atoms with Crippen LogP contribution in [-0.2, 0) is 16.0 Å². The molecule has 2 rings (SSSR count). The first kappa shape index (κ1) is 13.5. The summed E-state index contributed by atoms with van der Waals surface area (Å²) in [5.41, 5.74) is 0.967. The van der Waals surface area contributed by atoms with Gasteiger partial charge in [-0.05, 0) is 36.5 Å². The van der Waals surface area contributed by atoms with Gasteiger partial charge in [-0.3, -0.25) is 14.6 Å². The highest BCUT2D eigenvalue weighted by atomic mass is 16.4. The van der Waals surface area contributed by atoms with Crippen LogP contribution in [0.15, 0.2) is 24.5 Å². The van der Waals surface area contributed by atoms with Crippen LogP contribution in [0, 0.1) is 5.92 Å². The Bertz CT molecular complexity index is 447. The zero-order chi connectivity index (χ0) is 13.7. The highest BCUT2D eigenvalue weighted by molar-refractivity contribution is 5.79. The van der Waals surface area contributed by atoms with Crippen molar-refractivity contribution >= 4 is 11.9 Å². The molecule has 19 heavy (non-hydrogen) atoms. The number of likely N-dealkylation sites (tertiary alicyclic amines) is 1. The van der Waals surface area contributed by atoms with E-state index in [1.807, 2.05) is 17.0 Å². The van der Waals surface area contributed by atoms with Crippen molar-refractivity contribution in [1.82, 2.24) is 9.88 Å². The summed E-state index contributed by atoms with van der Waals surface area (Å²) in [6.45, 7) is 1.44. The topological polar surface area (TPSA) is 70.5 Å². The van der Waals surface area contributed by atoms with E-state index in [1.54, 1.807) is 12.4 Å². The number of carbonyl (C=O) groups is 2. The van der Waals surface area contributed by atoms with Crippen molar-refractivity contribution in [3.63, 3.8) is 0 Å². The third kappa shape index (κ3) is 4.05. The summed E-state index contributed by atoms with van der Waals surface area (Å²) in [4.78, 5) is 28.4. The van der Waals surface area contributed by atoms with Crippen molar-refractivity contribution in [2.45, 2.75) is 25.7 Å². The molecule has 0 spiro atoms. The largest absolute Gasteiger partial charge is 0.481 e. The standard InChI is InChI=1S/C14H18N2O3/c17-13(9-11-3-6-15-7-4-11)16-8-5-12(10-16)1-2-14(18)19/h3-4,6-7,12H,1-2,5,8-10H2,(H,18,19). The van der Waals surface area contributed by atoms with Crippen LogP contribution < -0.4 is 0 Å². The van der Waals surface area contributed by atoms with Crippen LogP contribution in [0.3, 0.4) is 0 Å². The number of hydrogen-bond donors (Lipinski definition) is 1. The minimum atomic E-state index is -0.762. The lowest BCUT2D eigenvalue weighted by Crippen LogP contribution is -2.30. The van der Waals surface area contributed by atoms with Crippen molar-refractivity contribution < 1.29 is 14.7 Å². The molecule has 0 bridgehead atoms. The number of carboxylic acids is 1. The second-order valence-corrected chi connectivity index (χ2v) is 4.96. The Labute approximate surface area is 112 Å². The van der Waals surface area contributed by atoms with Crippen molar-refractivity contribution in [2.24, 2.45) is 5.92 Å². The molecule has 102 valence electrons. The van der Waals surface area contributed by atoms with Gasteiger partial charge in [0.2, 0.25) is 5.91 Å². The molecule has 1 saturated heterocycles. The van der Waals surface area contributed by atoms with Crippen LogP contribution in [0.4, 0.5) is 0 Å². The van der Waals surface area contributed by atoms with Gasteiger partial charge >= 0.3 is 5.97 Å². The summed E-state index contributed by atoms with van der Waals surface area (Å²) < 4.78 is 0. The number of pyridine rings is 1. The van der Waals surface area contributed by atoms with E-state index in [4.69, 9.17) is 5.11 Å². The van der Waals surface area contributed by atoms with E-state index in [0.29, 0.717) is 25.3 Å². The lowest BCUT2D eigenvalue weighted by Gasteiger charge is -2.16. The Morgan fingerprint density at radius 3 is 2.79 bits per heavy atom. The Morgan fingerprint density at radius 2 is 2.11 bits per heavy atom. The predicted octanol–water partition coefficient (Wildman–Crippen LogP) is 1.34. The molecule has 1 atom stereocenters. The minimum absolute atomic E-state index is 0.115. The van der Waals surface area contributed by atoms with Crippen LogP contribution >= 0.6 is 0 Å². The van der Waals surface area contributed by atoms with E-state index in [9.17, 15) is 9.59 Å². The van der Waals surface area contributed by atoms with E-state index >= 15 is 0 Å². The number of carbonyl (C=O) groups excluding carboxylic acids is 1. The molecule has 1 aromatic heterocycles. The van der Waals surface area contributed by atoms with Gasteiger partial charge in [0.05, 0.1) is 6.42 Å². The molecule has 1 amide bonds. The molecule has 0 radical (unpaired) electrons. The fourth-order valence-corrected chi connectivity index (χ4v) is 2.41. The van der Waals surface area contributed by atoms with E-state index in [1.165, 1.54) is 0 Å². The molecule has 1 N–H and O–H groups in total. The maximum absolute atomic E-state index is 12.1. The normalized spacial score (nSPS) is 18.5. The van der Waals surface area contributed by atoms with Gasteiger partial charge in [-0.15, -0.1) is 0 Å². The number of hydrogen-bond acceptors (Lipinski definition) is 3. The van der Waals surface area contributed by atoms with Gasteiger partial charge in [0, 0.05) is 31.9 Å². The molecule has 1 aliphatic rings. The van der Waals surface area contributed by atoms with E-state index < -0.39 is 5.97 Å². The molecule has 1 aliphatic heterocycles. The zero-order valence-corrected chi connectivity index (χ0v) is 10.8. The van der Waals surface area contributed by atoms with Crippen molar-refractivity contribution in [3.05, 3.63) is 30.1 Å². The van der Waals surface area contributed by atoms with Crippen LogP contribution in [0.5, 0.6) is 0 Å². The molecule has 1 fully saturated rings. The van der Waals surface area contributed by atoms with Crippen LogP contribution in [0.1, 0.15) is 24.8 Å². The SMILES string of the molecule is O=C(O)CCC1CCN(C(=O)Cc2ccncc2)C1. The molecule has 2 heterocycles. The monoisotopic (exact) mass is 262 g/mol. The summed E-state index contributed by atoms with van der Waals surface area (Å²) in [6.07, 6.45) is 5.53. The van der Waals surface area contributed by atoms with Gasteiger partial charge in [0.25, 0.3) is 0 Å². The van der Waals surface area contributed by atoms with E-state index in [0.717, 1.165) is 18.5 Å². The number of nitrogens with zero attached hydrogens (tertiary/aromatic N) is 2. The fraction of sp³-hybridized carbons (Fsp3) is 0.500. The van der Waals surface area contributed by atoms with E-state index in [-0.39, 0.29) is 12.3 Å². The summed E-state index contributed by atoms with van der Waals surface area (Å²) in [5, 5.41) is 8.66. The average molecular weight is 262 g/mol. The first-order valence-electron chi connectivity index (χ1n) is 6.53. The minimum Gasteiger partial charge on any atom is -0.481 e. The second kappa shape index (κ2) is 6.31. The molecule has 1 aromatic rings. The zero-order valence-electron chi connectivity index (χ0n) is 10.8. The predicted molar refractivity (Wildman–Crippen MR) is 69.5 cm³/mol. The Kier molecular flexibility index (Phi) is 4.49. The number of aliphatic carboxylic acids is 1. The molecular formula is C14H18N2O3. The summed E-state index contributed by atoms with van der Waals surface area (Å²) in [6, 6.07) is 3.69. The summed E-state index contributed by atoms with van der Waals surface area (Å²) in [5.74, 6) is -0.317. The third-order valence-electron chi connectivity index (χ3n) is 3.51. The van der Waals surface area contributed by atoms with Crippen LogP contribution in [0.2, 0.25) is 0 Å². The second-order valence-electron chi connectivity index (χ2n) is 4.96. The molecular weight excluding hydrogens is 244 g/mol. The molecule has 0 aliphatic carbocycles. The number of rotatable bonds is 5.